The predicted molar refractivity (Wildman–Crippen MR) is 98.4 cm³/mol. The molecule has 1 amide bonds. The Morgan fingerprint density at radius 1 is 1.14 bits per heavy atom. The summed E-state index contributed by atoms with van der Waals surface area (Å²) in [6.07, 6.45) is 1.80. The van der Waals surface area contributed by atoms with Crippen molar-refractivity contribution in [3.63, 3.8) is 0 Å². The molecule has 0 radical (unpaired) electrons. The molecule has 1 saturated heterocycles. The molecule has 0 N–H and O–H groups in total. The van der Waals surface area contributed by atoms with E-state index in [2.05, 4.69) is 10.1 Å². The monoisotopic (exact) mass is 383 g/mol. The normalized spacial score (nSPS) is 16.9. The van der Waals surface area contributed by atoms with E-state index < -0.39 is 0 Å². The van der Waals surface area contributed by atoms with Gasteiger partial charge < -0.3 is 9.42 Å². The Kier molecular flexibility index (Phi) is 5.14. The number of carbonyl (C=O) groups excluding carboxylic acids is 1. The molecule has 0 bridgehead atoms. The smallest absolute Gasteiger partial charge is 0.231 e. The summed E-state index contributed by atoms with van der Waals surface area (Å²) in [5.74, 6) is -0.0615. The van der Waals surface area contributed by atoms with Crippen molar-refractivity contribution >= 4 is 5.91 Å². The van der Waals surface area contributed by atoms with Crippen LogP contribution in [0.4, 0.5) is 8.78 Å². The summed E-state index contributed by atoms with van der Waals surface area (Å²) in [5.41, 5.74) is 1.20. The highest BCUT2D eigenvalue weighted by molar-refractivity contribution is 5.79. The number of aromatic nitrogens is 2. The molecule has 1 unspecified atom stereocenters. The first-order valence-electron chi connectivity index (χ1n) is 9.20. The van der Waals surface area contributed by atoms with E-state index in [-0.39, 0.29) is 29.9 Å². The summed E-state index contributed by atoms with van der Waals surface area (Å²) in [4.78, 5) is 18.8. The third kappa shape index (κ3) is 4.08. The molecule has 7 heteroatoms. The number of nitrogens with zero attached hydrogens (tertiary/aromatic N) is 3. The number of benzene rings is 2. The van der Waals surface area contributed by atoms with Crippen LogP contribution < -0.4 is 0 Å². The number of rotatable bonds is 4. The second kappa shape index (κ2) is 7.88. The molecule has 4 rings (SSSR count). The van der Waals surface area contributed by atoms with Crippen LogP contribution in [0, 0.1) is 11.6 Å². The van der Waals surface area contributed by atoms with Gasteiger partial charge in [0.25, 0.3) is 0 Å². The molecule has 1 atom stereocenters. The average Bonchev–Trinajstić information content (AvgIpc) is 3.18. The third-order valence-electron chi connectivity index (χ3n) is 4.89. The van der Waals surface area contributed by atoms with Crippen molar-refractivity contribution in [2.75, 3.05) is 13.1 Å². The first kappa shape index (κ1) is 18.3. The molecule has 1 aromatic heterocycles. The van der Waals surface area contributed by atoms with E-state index in [4.69, 9.17) is 4.52 Å². The fourth-order valence-electron chi connectivity index (χ4n) is 3.48. The maximum Gasteiger partial charge on any atom is 0.231 e. The molecule has 144 valence electrons. The molecule has 0 spiro atoms. The van der Waals surface area contributed by atoms with Gasteiger partial charge in [0.05, 0.1) is 12.3 Å². The molecular weight excluding hydrogens is 364 g/mol. The lowest BCUT2D eigenvalue weighted by Gasteiger charge is -2.31. The van der Waals surface area contributed by atoms with Crippen LogP contribution in [-0.2, 0) is 11.2 Å². The van der Waals surface area contributed by atoms with Crippen molar-refractivity contribution in [3.8, 4) is 11.4 Å². The van der Waals surface area contributed by atoms with Crippen LogP contribution in [0.25, 0.3) is 11.4 Å². The van der Waals surface area contributed by atoms with Crippen LogP contribution in [0.1, 0.15) is 30.2 Å². The molecule has 1 fully saturated rings. The molecule has 0 saturated carbocycles. The lowest BCUT2D eigenvalue weighted by molar-refractivity contribution is -0.131. The number of hydrogen-bond donors (Lipinski definition) is 0. The number of piperidine rings is 1. The molecule has 2 aromatic carbocycles. The Bertz CT molecular complexity index is 989. The van der Waals surface area contributed by atoms with Crippen molar-refractivity contribution in [3.05, 3.63) is 71.6 Å². The van der Waals surface area contributed by atoms with E-state index in [1.165, 1.54) is 24.3 Å². The maximum atomic E-state index is 13.4. The van der Waals surface area contributed by atoms with Gasteiger partial charge >= 0.3 is 0 Å². The lowest BCUT2D eigenvalue weighted by Crippen LogP contribution is -2.40. The van der Waals surface area contributed by atoms with Crippen molar-refractivity contribution < 1.29 is 18.1 Å². The molecular formula is C21H19F2N3O2. The zero-order valence-corrected chi connectivity index (χ0v) is 15.1. The summed E-state index contributed by atoms with van der Waals surface area (Å²) < 4.78 is 32.1. The van der Waals surface area contributed by atoms with Gasteiger partial charge in [0, 0.05) is 18.7 Å². The van der Waals surface area contributed by atoms with Crippen LogP contribution in [-0.4, -0.2) is 34.0 Å². The quantitative estimate of drug-likeness (QED) is 0.684. The van der Waals surface area contributed by atoms with Gasteiger partial charge in [0.2, 0.25) is 17.6 Å². The average molecular weight is 383 g/mol. The van der Waals surface area contributed by atoms with Crippen molar-refractivity contribution in [2.45, 2.75) is 25.2 Å². The van der Waals surface area contributed by atoms with Crippen LogP contribution in [0.3, 0.4) is 0 Å². The molecule has 1 aliphatic rings. The lowest BCUT2D eigenvalue weighted by atomic mass is 9.97. The number of halogens is 2. The third-order valence-corrected chi connectivity index (χ3v) is 4.89. The maximum absolute atomic E-state index is 13.4. The number of amides is 1. The van der Waals surface area contributed by atoms with Gasteiger partial charge in [-0.3, -0.25) is 4.79 Å². The minimum Gasteiger partial charge on any atom is -0.342 e. The van der Waals surface area contributed by atoms with E-state index in [0.717, 1.165) is 12.8 Å². The van der Waals surface area contributed by atoms with Crippen LogP contribution in [0.5, 0.6) is 0 Å². The fraction of sp³-hybridized carbons (Fsp3) is 0.286. The van der Waals surface area contributed by atoms with Gasteiger partial charge in [-0.05, 0) is 42.7 Å². The molecule has 3 aromatic rings. The Hall–Kier alpha value is -3.09. The Morgan fingerprint density at radius 3 is 2.71 bits per heavy atom. The zero-order valence-electron chi connectivity index (χ0n) is 15.1. The van der Waals surface area contributed by atoms with Gasteiger partial charge in [-0.15, -0.1) is 0 Å². The molecule has 2 heterocycles. The summed E-state index contributed by atoms with van der Waals surface area (Å²) in [6, 6.07) is 12.1. The number of likely N-dealkylation sites (tertiary alicyclic amines) is 1. The Labute approximate surface area is 161 Å². The minimum absolute atomic E-state index is 0.0554. The number of carbonyl (C=O) groups is 1. The molecule has 5 nitrogen and oxygen atoms in total. The largest absolute Gasteiger partial charge is 0.342 e. The molecule has 0 aliphatic carbocycles. The SMILES string of the molecule is O=C(Cc1cccc(F)c1)N1CCCC(c2nc(-c3cccc(F)c3)no2)C1. The highest BCUT2D eigenvalue weighted by Crippen LogP contribution is 2.28. The second-order valence-corrected chi connectivity index (χ2v) is 6.95. The van der Waals surface area contributed by atoms with E-state index >= 15 is 0 Å². The predicted octanol–water partition coefficient (Wildman–Crippen LogP) is 3.96. The Balaban J connectivity index is 1.44. The van der Waals surface area contributed by atoms with Gasteiger partial charge in [-0.25, -0.2) is 8.78 Å². The van der Waals surface area contributed by atoms with Crippen molar-refractivity contribution in [1.82, 2.24) is 15.0 Å². The van der Waals surface area contributed by atoms with Gasteiger partial charge in [-0.1, -0.05) is 29.4 Å². The van der Waals surface area contributed by atoms with Crippen molar-refractivity contribution in [2.24, 2.45) is 0 Å². The van der Waals surface area contributed by atoms with Gasteiger partial charge in [-0.2, -0.15) is 4.98 Å². The fourth-order valence-corrected chi connectivity index (χ4v) is 3.48. The minimum atomic E-state index is -0.365. The molecule has 28 heavy (non-hydrogen) atoms. The van der Waals surface area contributed by atoms with E-state index in [1.54, 1.807) is 29.2 Å². The van der Waals surface area contributed by atoms with Crippen LogP contribution >= 0.6 is 0 Å². The van der Waals surface area contributed by atoms with Crippen LogP contribution in [0.2, 0.25) is 0 Å². The standard InChI is InChI=1S/C21H19F2N3O2/c22-17-7-1-4-14(10-17)11-19(27)26-9-3-6-16(13-26)21-24-20(25-28-21)15-5-2-8-18(23)12-15/h1-2,4-5,7-8,10,12,16H,3,6,9,11,13H2. The molecule has 1 aliphatic heterocycles. The summed E-state index contributed by atoms with van der Waals surface area (Å²) in [5, 5.41) is 3.95. The zero-order chi connectivity index (χ0) is 19.5. The first-order valence-corrected chi connectivity index (χ1v) is 9.20. The van der Waals surface area contributed by atoms with Crippen molar-refractivity contribution in [1.29, 1.82) is 0 Å². The number of hydrogen-bond acceptors (Lipinski definition) is 4. The Morgan fingerprint density at radius 2 is 1.93 bits per heavy atom. The first-order chi connectivity index (χ1) is 13.6. The highest BCUT2D eigenvalue weighted by Gasteiger charge is 2.28. The second-order valence-electron chi connectivity index (χ2n) is 6.95. The highest BCUT2D eigenvalue weighted by atomic mass is 19.1. The summed E-state index contributed by atoms with van der Waals surface area (Å²) in [6.45, 7) is 1.12. The van der Waals surface area contributed by atoms with Gasteiger partial charge in [0.1, 0.15) is 11.6 Å². The van der Waals surface area contributed by atoms with E-state index in [1.807, 2.05) is 0 Å². The van der Waals surface area contributed by atoms with Crippen LogP contribution in [0.15, 0.2) is 53.1 Å². The van der Waals surface area contributed by atoms with E-state index in [9.17, 15) is 13.6 Å². The topological polar surface area (TPSA) is 59.2 Å². The summed E-state index contributed by atoms with van der Waals surface area (Å²) >= 11 is 0. The van der Waals surface area contributed by atoms with E-state index in [0.29, 0.717) is 35.9 Å². The summed E-state index contributed by atoms with van der Waals surface area (Å²) in [7, 11) is 0. The van der Waals surface area contributed by atoms with Gasteiger partial charge in [0.15, 0.2) is 0 Å².